The number of benzene rings is 1. The van der Waals surface area contributed by atoms with Crippen LogP contribution in [-0.2, 0) is 0 Å². The summed E-state index contributed by atoms with van der Waals surface area (Å²) in [7, 11) is 0. The Morgan fingerprint density at radius 1 is 1.38 bits per heavy atom. The first-order chi connectivity index (χ1) is 6.36. The second kappa shape index (κ2) is 4.05. The van der Waals surface area contributed by atoms with Crippen molar-refractivity contribution in [3.8, 4) is 0 Å². The van der Waals surface area contributed by atoms with E-state index in [0.29, 0.717) is 0 Å². The van der Waals surface area contributed by atoms with Crippen LogP contribution in [0.1, 0.15) is 24.3 Å². The fraction of sp³-hybridized carbons (Fsp3) is 0.455. The normalized spacial score (nSPS) is 22.9. The topological polar surface area (TPSA) is 26.0 Å². The van der Waals surface area contributed by atoms with Crippen molar-refractivity contribution >= 4 is 17.4 Å². The van der Waals surface area contributed by atoms with E-state index in [1.807, 2.05) is 6.07 Å². The molecule has 0 amide bonds. The van der Waals surface area contributed by atoms with Crippen LogP contribution < -0.4 is 5.73 Å². The smallest absolute Gasteiger partial charge is 0.0316 e. The summed E-state index contributed by atoms with van der Waals surface area (Å²) in [4.78, 5) is 0. The second-order valence-corrected chi connectivity index (χ2v) is 4.73. The van der Waals surface area contributed by atoms with Crippen LogP contribution in [0.25, 0.3) is 0 Å². The van der Waals surface area contributed by atoms with Gasteiger partial charge in [-0.2, -0.15) is 11.8 Å². The highest BCUT2D eigenvalue weighted by Crippen LogP contribution is 2.31. The fourth-order valence-electron chi connectivity index (χ4n) is 1.82. The van der Waals surface area contributed by atoms with Gasteiger partial charge in [0.15, 0.2) is 0 Å². The fourth-order valence-corrected chi connectivity index (χ4v) is 3.00. The van der Waals surface area contributed by atoms with Crippen molar-refractivity contribution in [1.29, 1.82) is 0 Å². The summed E-state index contributed by atoms with van der Waals surface area (Å²) in [6.45, 7) is 0. The molecular weight excluding hydrogens is 178 g/mol. The van der Waals surface area contributed by atoms with Gasteiger partial charge < -0.3 is 5.73 Å². The molecule has 1 heterocycles. The third-order valence-electron chi connectivity index (χ3n) is 2.54. The number of nitrogens with two attached hydrogens (primary N) is 1. The molecule has 0 bridgehead atoms. The summed E-state index contributed by atoms with van der Waals surface area (Å²) in [5, 5.41) is 0. The van der Waals surface area contributed by atoms with Gasteiger partial charge in [-0.3, -0.25) is 0 Å². The number of rotatable bonds is 1. The first-order valence-electron chi connectivity index (χ1n) is 4.79. The highest BCUT2D eigenvalue weighted by atomic mass is 32.2. The molecule has 0 radical (unpaired) electrons. The number of hydrogen-bond acceptors (Lipinski definition) is 2. The molecule has 2 N–H and O–H groups in total. The van der Waals surface area contributed by atoms with Crippen LogP contribution in [0.5, 0.6) is 0 Å². The van der Waals surface area contributed by atoms with E-state index in [4.69, 9.17) is 5.73 Å². The van der Waals surface area contributed by atoms with E-state index >= 15 is 0 Å². The third kappa shape index (κ3) is 2.19. The van der Waals surface area contributed by atoms with Gasteiger partial charge in [0.2, 0.25) is 0 Å². The maximum Gasteiger partial charge on any atom is 0.0316 e. The SMILES string of the molecule is Nc1cccc(C2CCCSC2)c1. The van der Waals surface area contributed by atoms with E-state index < -0.39 is 0 Å². The van der Waals surface area contributed by atoms with Gasteiger partial charge in [0.05, 0.1) is 0 Å². The van der Waals surface area contributed by atoms with Gasteiger partial charge >= 0.3 is 0 Å². The Bertz CT molecular complexity index is 279. The van der Waals surface area contributed by atoms with E-state index in [2.05, 4.69) is 30.0 Å². The Hall–Kier alpha value is -0.630. The first kappa shape index (κ1) is 8.95. The van der Waals surface area contributed by atoms with Gasteiger partial charge in [-0.1, -0.05) is 12.1 Å². The quantitative estimate of drug-likeness (QED) is 0.694. The maximum atomic E-state index is 5.76. The van der Waals surface area contributed by atoms with E-state index in [1.165, 1.54) is 29.9 Å². The second-order valence-electron chi connectivity index (χ2n) is 3.58. The van der Waals surface area contributed by atoms with Gasteiger partial charge in [0.25, 0.3) is 0 Å². The number of thioether (sulfide) groups is 1. The molecule has 1 aromatic rings. The summed E-state index contributed by atoms with van der Waals surface area (Å²) >= 11 is 2.06. The zero-order valence-electron chi connectivity index (χ0n) is 7.70. The molecule has 13 heavy (non-hydrogen) atoms. The van der Waals surface area contributed by atoms with Crippen LogP contribution in [0.15, 0.2) is 24.3 Å². The molecule has 0 saturated carbocycles. The van der Waals surface area contributed by atoms with E-state index in [-0.39, 0.29) is 0 Å². The molecule has 1 saturated heterocycles. The maximum absolute atomic E-state index is 5.76. The highest BCUT2D eigenvalue weighted by molar-refractivity contribution is 7.99. The van der Waals surface area contributed by atoms with Crippen LogP contribution in [0, 0.1) is 0 Å². The molecule has 1 aliphatic heterocycles. The lowest BCUT2D eigenvalue weighted by atomic mass is 9.96. The Kier molecular flexibility index (Phi) is 2.79. The molecule has 1 fully saturated rings. The molecule has 0 aromatic heterocycles. The van der Waals surface area contributed by atoms with Gasteiger partial charge in [-0.25, -0.2) is 0 Å². The molecule has 2 rings (SSSR count). The standard InChI is InChI=1S/C11H15NS/c12-11-5-1-3-9(7-11)10-4-2-6-13-8-10/h1,3,5,7,10H,2,4,6,8,12H2. The van der Waals surface area contributed by atoms with Crippen molar-refractivity contribution in [1.82, 2.24) is 0 Å². The molecule has 1 aliphatic rings. The van der Waals surface area contributed by atoms with Crippen LogP contribution in [-0.4, -0.2) is 11.5 Å². The average molecular weight is 193 g/mol. The van der Waals surface area contributed by atoms with Gasteiger partial charge in [-0.05, 0) is 42.2 Å². The van der Waals surface area contributed by atoms with Gasteiger partial charge in [0, 0.05) is 11.4 Å². The predicted molar refractivity (Wildman–Crippen MR) is 60.2 cm³/mol. The number of nitrogen functional groups attached to an aromatic ring is 1. The average Bonchev–Trinajstić information content (AvgIpc) is 2.19. The van der Waals surface area contributed by atoms with Crippen LogP contribution in [0.3, 0.4) is 0 Å². The van der Waals surface area contributed by atoms with Crippen molar-refractivity contribution in [2.45, 2.75) is 18.8 Å². The lowest BCUT2D eigenvalue weighted by Gasteiger charge is -2.21. The third-order valence-corrected chi connectivity index (χ3v) is 3.76. The summed E-state index contributed by atoms with van der Waals surface area (Å²) in [6.07, 6.45) is 2.68. The minimum absolute atomic E-state index is 0.738. The predicted octanol–water partition coefficient (Wildman–Crippen LogP) is 2.88. The van der Waals surface area contributed by atoms with Crippen molar-refractivity contribution in [3.63, 3.8) is 0 Å². The zero-order valence-corrected chi connectivity index (χ0v) is 8.52. The molecule has 2 heteroatoms. The van der Waals surface area contributed by atoms with Crippen molar-refractivity contribution in [2.75, 3.05) is 17.2 Å². The van der Waals surface area contributed by atoms with Crippen LogP contribution in [0.4, 0.5) is 5.69 Å². The van der Waals surface area contributed by atoms with E-state index in [9.17, 15) is 0 Å². The lowest BCUT2D eigenvalue weighted by Crippen LogP contribution is -2.08. The summed E-state index contributed by atoms with van der Waals surface area (Å²) in [6, 6.07) is 8.34. The van der Waals surface area contributed by atoms with Crippen LogP contribution >= 0.6 is 11.8 Å². The Morgan fingerprint density at radius 2 is 2.31 bits per heavy atom. The Labute approximate surface area is 83.7 Å². The van der Waals surface area contributed by atoms with E-state index in [0.717, 1.165) is 11.6 Å². The molecule has 0 spiro atoms. The molecule has 70 valence electrons. The molecule has 1 aromatic carbocycles. The number of anilines is 1. The van der Waals surface area contributed by atoms with E-state index in [1.54, 1.807) is 0 Å². The minimum atomic E-state index is 0.738. The Balaban J connectivity index is 2.14. The molecule has 0 aliphatic carbocycles. The minimum Gasteiger partial charge on any atom is -0.399 e. The van der Waals surface area contributed by atoms with Gasteiger partial charge in [-0.15, -0.1) is 0 Å². The largest absolute Gasteiger partial charge is 0.399 e. The lowest BCUT2D eigenvalue weighted by molar-refractivity contribution is 0.660. The van der Waals surface area contributed by atoms with Crippen molar-refractivity contribution in [3.05, 3.63) is 29.8 Å². The van der Waals surface area contributed by atoms with Crippen LogP contribution in [0.2, 0.25) is 0 Å². The van der Waals surface area contributed by atoms with Crippen molar-refractivity contribution in [2.24, 2.45) is 0 Å². The van der Waals surface area contributed by atoms with Crippen molar-refractivity contribution < 1.29 is 0 Å². The number of hydrogen-bond donors (Lipinski definition) is 1. The monoisotopic (exact) mass is 193 g/mol. The summed E-state index contributed by atoms with van der Waals surface area (Å²) in [5.41, 5.74) is 8.08. The summed E-state index contributed by atoms with van der Waals surface area (Å²) < 4.78 is 0. The molecule has 1 unspecified atom stereocenters. The first-order valence-corrected chi connectivity index (χ1v) is 5.95. The summed E-state index contributed by atoms with van der Waals surface area (Å²) in [5.74, 6) is 3.34. The zero-order chi connectivity index (χ0) is 9.10. The highest BCUT2D eigenvalue weighted by Gasteiger charge is 2.15. The molecular formula is C11H15NS. The van der Waals surface area contributed by atoms with Gasteiger partial charge in [0.1, 0.15) is 0 Å². The Morgan fingerprint density at radius 3 is 3.00 bits per heavy atom. The molecule has 1 nitrogen and oxygen atoms in total. The molecule has 1 atom stereocenters.